The monoisotopic (exact) mass is 309 g/mol. The summed E-state index contributed by atoms with van der Waals surface area (Å²) in [5.74, 6) is 0.623. The van der Waals surface area contributed by atoms with Crippen LogP contribution in [0.25, 0.3) is 0 Å². The number of aromatic nitrogens is 4. The van der Waals surface area contributed by atoms with E-state index in [1.165, 1.54) is 10.5 Å². The molecule has 0 N–H and O–H groups in total. The normalized spacial score (nSPS) is 15.5. The molecule has 0 aliphatic carbocycles. The maximum Gasteiger partial charge on any atom is 0.268 e. The summed E-state index contributed by atoms with van der Waals surface area (Å²) >= 11 is 0. The largest absolute Gasteiger partial charge is 0.268 e. The Hall–Kier alpha value is -1.83. The lowest BCUT2D eigenvalue weighted by molar-refractivity contribution is 0.515. The van der Waals surface area contributed by atoms with E-state index in [-0.39, 0.29) is 10.9 Å². The van der Waals surface area contributed by atoms with E-state index in [0.717, 1.165) is 13.0 Å². The van der Waals surface area contributed by atoms with Gasteiger partial charge in [0.05, 0.1) is 18.1 Å². The Morgan fingerprint density at radius 3 is 2.67 bits per heavy atom. The molecular weight excluding hydrogens is 290 g/mol. The average Bonchev–Trinajstić information content (AvgIpc) is 3.03. The Morgan fingerprint density at radius 1 is 1.24 bits per heavy atom. The van der Waals surface area contributed by atoms with Crippen molar-refractivity contribution in [2.45, 2.75) is 44.7 Å². The van der Waals surface area contributed by atoms with Crippen LogP contribution in [-0.4, -0.2) is 34.5 Å². The maximum absolute atomic E-state index is 12.9. The summed E-state index contributed by atoms with van der Waals surface area (Å²) in [6.45, 7) is 6.97. The third kappa shape index (κ3) is 2.14. The van der Waals surface area contributed by atoms with Gasteiger partial charge in [-0.05, 0) is 27.2 Å². The molecule has 0 bridgehead atoms. The molecule has 3 rings (SSSR count). The lowest BCUT2D eigenvalue weighted by Crippen LogP contribution is -2.37. The van der Waals surface area contributed by atoms with Crippen molar-refractivity contribution < 1.29 is 8.42 Å². The van der Waals surface area contributed by atoms with Gasteiger partial charge in [-0.3, -0.25) is 4.68 Å². The van der Waals surface area contributed by atoms with Crippen LogP contribution in [0.1, 0.15) is 32.0 Å². The summed E-state index contributed by atoms with van der Waals surface area (Å²) in [4.78, 5) is 0.269. The van der Waals surface area contributed by atoms with Crippen molar-refractivity contribution in [3.05, 3.63) is 24.2 Å². The van der Waals surface area contributed by atoms with Crippen molar-refractivity contribution in [2.24, 2.45) is 0 Å². The quantitative estimate of drug-likeness (QED) is 0.862. The predicted octanol–water partition coefficient (Wildman–Crippen LogP) is 1.57. The van der Waals surface area contributed by atoms with E-state index in [2.05, 4.69) is 10.2 Å². The standard InChI is InChI=1S/C13H19N5O2S/c1-10(2)18-11(3)12(9-15-18)21(19,20)17-8-4-7-16-13(17)5-6-14-16/h5-6,9-10H,4,7-8H2,1-3H3. The Kier molecular flexibility index (Phi) is 3.27. The molecule has 114 valence electrons. The fraction of sp³-hybridized carbons (Fsp3) is 0.538. The van der Waals surface area contributed by atoms with Gasteiger partial charge in [0.15, 0.2) is 0 Å². The Morgan fingerprint density at radius 2 is 2.00 bits per heavy atom. The highest BCUT2D eigenvalue weighted by molar-refractivity contribution is 7.92. The van der Waals surface area contributed by atoms with Gasteiger partial charge in [0.2, 0.25) is 0 Å². The van der Waals surface area contributed by atoms with Crippen molar-refractivity contribution in [1.82, 2.24) is 19.6 Å². The topological polar surface area (TPSA) is 73.0 Å². The Bertz CT molecular complexity index is 759. The maximum atomic E-state index is 12.9. The SMILES string of the molecule is Cc1c(S(=O)(=O)N2CCCn3nccc32)cnn1C(C)C. The van der Waals surface area contributed by atoms with Crippen LogP contribution >= 0.6 is 0 Å². The minimum atomic E-state index is -3.60. The highest BCUT2D eigenvalue weighted by Crippen LogP contribution is 2.29. The zero-order valence-corrected chi connectivity index (χ0v) is 13.2. The van der Waals surface area contributed by atoms with Gasteiger partial charge in [0.25, 0.3) is 10.0 Å². The van der Waals surface area contributed by atoms with Crippen molar-refractivity contribution >= 4 is 15.8 Å². The van der Waals surface area contributed by atoms with Crippen LogP contribution in [0.3, 0.4) is 0 Å². The molecule has 0 unspecified atom stereocenters. The van der Waals surface area contributed by atoms with Gasteiger partial charge in [-0.1, -0.05) is 0 Å². The summed E-state index contributed by atoms with van der Waals surface area (Å²) in [5.41, 5.74) is 0.668. The highest BCUT2D eigenvalue weighted by Gasteiger charge is 2.32. The molecular formula is C13H19N5O2S. The van der Waals surface area contributed by atoms with Crippen LogP contribution in [0.15, 0.2) is 23.4 Å². The summed E-state index contributed by atoms with van der Waals surface area (Å²) in [5, 5.41) is 8.37. The van der Waals surface area contributed by atoms with Gasteiger partial charge in [0.1, 0.15) is 10.7 Å². The van der Waals surface area contributed by atoms with Crippen molar-refractivity contribution in [3.8, 4) is 0 Å². The molecule has 2 aromatic heterocycles. The molecule has 0 amide bonds. The second-order valence-corrected chi connectivity index (χ2v) is 7.31. The number of sulfonamides is 1. The number of fused-ring (bicyclic) bond motifs is 1. The lowest BCUT2D eigenvalue weighted by Gasteiger charge is -2.28. The molecule has 1 aliphatic rings. The van der Waals surface area contributed by atoms with Gasteiger partial charge in [-0.2, -0.15) is 10.2 Å². The molecule has 2 aromatic rings. The molecule has 21 heavy (non-hydrogen) atoms. The predicted molar refractivity (Wildman–Crippen MR) is 78.7 cm³/mol. The molecule has 0 radical (unpaired) electrons. The fourth-order valence-corrected chi connectivity index (χ4v) is 4.39. The van der Waals surface area contributed by atoms with Gasteiger partial charge < -0.3 is 0 Å². The zero-order valence-electron chi connectivity index (χ0n) is 12.4. The van der Waals surface area contributed by atoms with Crippen LogP contribution in [0.5, 0.6) is 0 Å². The van der Waals surface area contributed by atoms with E-state index >= 15 is 0 Å². The number of aryl methyl sites for hydroxylation is 1. The fourth-order valence-electron chi connectivity index (χ4n) is 2.73. The third-order valence-electron chi connectivity index (χ3n) is 3.74. The Balaban J connectivity index is 2.07. The molecule has 3 heterocycles. The van der Waals surface area contributed by atoms with Gasteiger partial charge in [-0.25, -0.2) is 17.4 Å². The minimum Gasteiger partial charge on any atom is -0.266 e. The Labute approximate surface area is 124 Å². The zero-order chi connectivity index (χ0) is 15.2. The molecule has 1 aliphatic heterocycles. The van der Waals surface area contributed by atoms with Crippen LogP contribution in [0, 0.1) is 6.92 Å². The van der Waals surface area contributed by atoms with E-state index in [0.29, 0.717) is 18.1 Å². The van der Waals surface area contributed by atoms with Crippen molar-refractivity contribution in [2.75, 3.05) is 10.8 Å². The second-order valence-electron chi connectivity index (χ2n) is 5.48. The second kappa shape index (κ2) is 4.87. The smallest absolute Gasteiger partial charge is 0.266 e. The van der Waals surface area contributed by atoms with E-state index < -0.39 is 10.0 Å². The first kappa shape index (κ1) is 14.1. The van der Waals surface area contributed by atoms with E-state index in [4.69, 9.17) is 0 Å². The van der Waals surface area contributed by atoms with Crippen LogP contribution < -0.4 is 4.31 Å². The molecule has 0 atom stereocenters. The van der Waals surface area contributed by atoms with Gasteiger partial charge in [0, 0.05) is 25.2 Å². The summed E-state index contributed by atoms with van der Waals surface area (Å²) in [6.07, 6.45) is 3.83. The van der Waals surface area contributed by atoms with E-state index in [1.807, 2.05) is 13.8 Å². The molecule has 0 spiro atoms. The van der Waals surface area contributed by atoms with Gasteiger partial charge in [-0.15, -0.1) is 0 Å². The molecule has 7 nitrogen and oxygen atoms in total. The lowest BCUT2D eigenvalue weighted by atomic mass is 10.3. The van der Waals surface area contributed by atoms with Crippen LogP contribution in [0.4, 0.5) is 5.82 Å². The number of rotatable bonds is 3. The highest BCUT2D eigenvalue weighted by atomic mass is 32.2. The van der Waals surface area contributed by atoms with Gasteiger partial charge >= 0.3 is 0 Å². The van der Waals surface area contributed by atoms with Crippen molar-refractivity contribution in [1.29, 1.82) is 0 Å². The van der Waals surface area contributed by atoms with Crippen LogP contribution in [0.2, 0.25) is 0 Å². The molecule has 0 saturated carbocycles. The third-order valence-corrected chi connectivity index (χ3v) is 5.64. The number of anilines is 1. The first-order valence-electron chi connectivity index (χ1n) is 7.01. The first-order valence-corrected chi connectivity index (χ1v) is 8.45. The molecule has 8 heteroatoms. The minimum absolute atomic E-state index is 0.126. The molecule has 0 aromatic carbocycles. The van der Waals surface area contributed by atoms with E-state index in [9.17, 15) is 8.42 Å². The number of hydrogen-bond acceptors (Lipinski definition) is 4. The summed E-state index contributed by atoms with van der Waals surface area (Å²) < 4.78 is 30.8. The number of nitrogens with zero attached hydrogens (tertiary/aromatic N) is 5. The van der Waals surface area contributed by atoms with Crippen LogP contribution in [-0.2, 0) is 16.6 Å². The number of hydrogen-bond donors (Lipinski definition) is 0. The molecule has 0 fully saturated rings. The summed E-state index contributed by atoms with van der Waals surface area (Å²) in [6, 6.07) is 1.86. The summed E-state index contributed by atoms with van der Waals surface area (Å²) in [7, 11) is -3.60. The average molecular weight is 309 g/mol. The van der Waals surface area contributed by atoms with Crippen molar-refractivity contribution in [3.63, 3.8) is 0 Å². The molecule has 0 saturated heterocycles. The first-order chi connectivity index (χ1) is 9.93. The van der Waals surface area contributed by atoms with E-state index in [1.54, 1.807) is 28.6 Å².